The summed E-state index contributed by atoms with van der Waals surface area (Å²) < 4.78 is 0. The summed E-state index contributed by atoms with van der Waals surface area (Å²) in [5.74, 6) is 1.19. The fraction of sp³-hybridized carbons (Fsp3) is 0.286. The molecule has 0 fully saturated rings. The predicted molar refractivity (Wildman–Crippen MR) is 70.2 cm³/mol. The monoisotopic (exact) mass is 214 g/mol. The standard InChI is InChI=1S/C14H18N2/c1-6-8-9-13-12(7-2)11(5)15-14(16-13)10(3)4/h6-10H,1-2H2,3-5H3/b9-8-. The Morgan fingerprint density at radius 2 is 1.88 bits per heavy atom. The normalized spacial score (nSPS) is 11.0. The van der Waals surface area contributed by atoms with Gasteiger partial charge in [-0.15, -0.1) is 0 Å². The number of aromatic nitrogens is 2. The lowest BCUT2D eigenvalue weighted by Crippen LogP contribution is -2.04. The summed E-state index contributed by atoms with van der Waals surface area (Å²) in [6.45, 7) is 13.6. The SMILES string of the molecule is C=C/C=C\c1nc(C(C)C)nc(C)c1C=C. The molecular weight excluding hydrogens is 196 g/mol. The van der Waals surface area contributed by atoms with E-state index in [2.05, 4.69) is 37.0 Å². The molecule has 0 atom stereocenters. The maximum Gasteiger partial charge on any atom is 0.131 e. The molecule has 0 spiro atoms. The first-order valence-electron chi connectivity index (χ1n) is 5.40. The maximum absolute atomic E-state index is 4.52. The minimum absolute atomic E-state index is 0.327. The lowest BCUT2D eigenvalue weighted by atomic mass is 10.1. The minimum atomic E-state index is 0.327. The van der Waals surface area contributed by atoms with Crippen LogP contribution < -0.4 is 0 Å². The van der Waals surface area contributed by atoms with Gasteiger partial charge in [0.25, 0.3) is 0 Å². The van der Waals surface area contributed by atoms with Gasteiger partial charge in [-0.3, -0.25) is 0 Å². The molecule has 1 heterocycles. The zero-order valence-electron chi connectivity index (χ0n) is 10.2. The third-order valence-corrected chi connectivity index (χ3v) is 2.29. The summed E-state index contributed by atoms with van der Waals surface area (Å²) in [4.78, 5) is 8.99. The zero-order chi connectivity index (χ0) is 12.1. The van der Waals surface area contributed by atoms with Gasteiger partial charge in [0.2, 0.25) is 0 Å². The van der Waals surface area contributed by atoms with E-state index in [1.54, 1.807) is 12.2 Å². The fourth-order valence-corrected chi connectivity index (χ4v) is 1.42. The molecular formula is C14H18N2. The van der Waals surface area contributed by atoms with E-state index in [-0.39, 0.29) is 0 Å². The van der Waals surface area contributed by atoms with Crippen molar-refractivity contribution in [2.24, 2.45) is 0 Å². The van der Waals surface area contributed by atoms with Gasteiger partial charge < -0.3 is 0 Å². The molecule has 2 nitrogen and oxygen atoms in total. The van der Waals surface area contributed by atoms with Gasteiger partial charge in [0.15, 0.2) is 0 Å². The smallest absolute Gasteiger partial charge is 0.131 e. The highest BCUT2D eigenvalue weighted by molar-refractivity contribution is 5.63. The Bertz CT molecular complexity index is 429. The predicted octanol–water partition coefficient (Wildman–Crippen LogP) is 3.75. The molecule has 0 aliphatic heterocycles. The van der Waals surface area contributed by atoms with Crippen LogP contribution in [0.2, 0.25) is 0 Å². The van der Waals surface area contributed by atoms with Crippen LogP contribution in [0.25, 0.3) is 12.2 Å². The van der Waals surface area contributed by atoms with Gasteiger partial charge in [0.1, 0.15) is 5.82 Å². The Labute approximate surface area is 97.5 Å². The molecule has 0 unspecified atom stereocenters. The molecule has 0 N–H and O–H groups in total. The quantitative estimate of drug-likeness (QED) is 0.713. The molecule has 1 aromatic rings. The first-order chi connectivity index (χ1) is 7.60. The third kappa shape index (κ3) is 2.66. The number of allylic oxidation sites excluding steroid dienone is 2. The molecule has 84 valence electrons. The molecule has 16 heavy (non-hydrogen) atoms. The number of rotatable bonds is 4. The Morgan fingerprint density at radius 3 is 2.38 bits per heavy atom. The summed E-state index contributed by atoms with van der Waals surface area (Å²) in [5, 5.41) is 0. The number of hydrogen-bond donors (Lipinski definition) is 0. The van der Waals surface area contributed by atoms with E-state index < -0.39 is 0 Å². The van der Waals surface area contributed by atoms with Crippen LogP contribution in [0.3, 0.4) is 0 Å². The summed E-state index contributed by atoms with van der Waals surface area (Å²) in [5.41, 5.74) is 2.87. The highest BCUT2D eigenvalue weighted by atomic mass is 14.9. The summed E-state index contributed by atoms with van der Waals surface area (Å²) >= 11 is 0. The van der Waals surface area contributed by atoms with Crippen molar-refractivity contribution in [3.05, 3.63) is 48.1 Å². The van der Waals surface area contributed by atoms with Gasteiger partial charge in [0.05, 0.1) is 5.69 Å². The molecule has 0 saturated carbocycles. The van der Waals surface area contributed by atoms with Crippen molar-refractivity contribution in [1.82, 2.24) is 9.97 Å². The second-order valence-corrected chi connectivity index (χ2v) is 3.92. The fourth-order valence-electron chi connectivity index (χ4n) is 1.42. The average molecular weight is 214 g/mol. The van der Waals surface area contributed by atoms with Gasteiger partial charge in [0, 0.05) is 17.2 Å². The van der Waals surface area contributed by atoms with E-state index in [0.717, 1.165) is 22.8 Å². The van der Waals surface area contributed by atoms with Crippen molar-refractivity contribution < 1.29 is 0 Å². The van der Waals surface area contributed by atoms with Crippen LogP contribution in [-0.2, 0) is 0 Å². The molecule has 2 heteroatoms. The van der Waals surface area contributed by atoms with Crippen LogP contribution in [0.4, 0.5) is 0 Å². The first-order valence-corrected chi connectivity index (χ1v) is 5.40. The van der Waals surface area contributed by atoms with E-state index in [1.807, 2.05) is 19.1 Å². The van der Waals surface area contributed by atoms with Crippen LogP contribution in [0.1, 0.15) is 42.5 Å². The zero-order valence-corrected chi connectivity index (χ0v) is 10.2. The topological polar surface area (TPSA) is 25.8 Å². The first kappa shape index (κ1) is 12.4. The van der Waals surface area contributed by atoms with Gasteiger partial charge >= 0.3 is 0 Å². The molecule has 0 aromatic carbocycles. The van der Waals surface area contributed by atoms with E-state index in [9.17, 15) is 0 Å². The van der Waals surface area contributed by atoms with Crippen molar-refractivity contribution in [1.29, 1.82) is 0 Å². The van der Waals surface area contributed by atoms with Crippen molar-refractivity contribution in [2.75, 3.05) is 0 Å². The molecule has 1 rings (SSSR count). The molecule has 0 aliphatic carbocycles. The van der Waals surface area contributed by atoms with Crippen LogP contribution >= 0.6 is 0 Å². The van der Waals surface area contributed by atoms with E-state index >= 15 is 0 Å². The lowest BCUT2D eigenvalue weighted by Gasteiger charge is -2.09. The molecule has 0 radical (unpaired) electrons. The molecule has 0 saturated heterocycles. The molecule has 0 bridgehead atoms. The maximum atomic E-state index is 4.52. The minimum Gasteiger partial charge on any atom is -0.237 e. The second kappa shape index (κ2) is 5.40. The molecule has 1 aromatic heterocycles. The largest absolute Gasteiger partial charge is 0.237 e. The Hall–Kier alpha value is -1.70. The summed E-state index contributed by atoms with van der Waals surface area (Å²) in [6.07, 6.45) is 7.34. The molecule has 0 aliphatic rings. The van der Waals surface area contributed by atoms with Gasteiger partial charge in [-0.05, 0) is 13.0 Å². The van der Waals surface area contributed by atoms with Crippen molar-refractivity contribution >= 4 is 12.2 Å². The van der Waals surface area contributed by atoms with Crippen molar-refractivity contribution in [2.45, 2.75) is 26.7 Å². The highest BCUT2D eigenvalue weighted by Crippen LogP contribution is 2.18. The summed E-state index contributed by atoms with van der Waals surface area (Å²) in [7, 11) is 0. The third-order valence-electron chi connectivity index (χ3n) is 2.29. The lowest BCUT2D eigenvalue weighted by molar-refractivity contribution is 0.763. The summed E-state index contributed by atoms with van der Waals surface area (Å²) in [6, 6.07) is 0. The van der Waals surface area contributed by atoms with Crippen LogP contribution in [0.15, 0.2) is 25.3 Å². The molecule has 0 amide bonds. The number of nitrogens with zero attached hydrogens (tertiary/aromatic N) is 2. The average Bonchev–Trinajstić information content (AvgIpc) is 2.25. The Kier molecular flexibility index (Phi) is 4.18. The van der Waals surface area contributed by atoms with Crippen LogP contribution in [0.5, 0.6) is 0 Å². The van der Waals surface area contributed by atoms with Crippen molar-refractivity contribution in [3.63, 3.8) is 0 Å². The Morgan fingerprint density at radius 1 is 1.19 bits per heavy atom. The number of hydrogen-bond acceptors (Lipinski definition) is 2. The van der Waals surface area contributed by atoms with Crippen LogP contribution in [0, 0.1) is 6.92 Å². The number of aryl methyl sites for hydroxylation is 1. The van der Waals surface area contributed by atoms with E-state index in [1.165, 1.54) is 0 Å². The van der Waals surface area contributed by atoms with Gasteiger partial charge in [-0.1, -0.05) is 45.2 Å². The van der Waals surface area contributed by atoms with E-state index in [0.29, 0.717) is 5.92 Å². The second-order valence-electron chi connectivity index (χ2n) is 3.92. The van der Waals surface area contributed by atoms with Gasteiger partial charge in [-0.25, -0.2) is 9.97 Å². The Balaban J connectivity index is 3.35. The van der Waals surface area contributed by atoms with Crippen molar-refractivity contribution in [3.8, 4) is 0 Å². The highest BCUT2D eigenvalue weighted by Gasteiger charge is 2.09. The van der Waals surface area contributed by atoms with Crippen LogP contribution in [-0.4, -0.2) is 9.97 Å². The van der Waals surface area contributed by atoms with Gasteiger partial charge in [-0.2, -0.15) is 0 Å². The van der Waals surface area contributed by atoms with E-state index in [4.69, 9.17) is 0 Å².